The molecular weight excluding hydrogens is 1010 g/mol. The van der Waals surface area contributed by atoms with Crippen LogP contribution in [0.4, 0.5) is 0 Å². The van der Waals surface area contributed by atoms with Gasteiger partial charge in [-0.15, -0.1) is 0 Å². The molecule has 0 spiro atoms. The Morgan fingerprint density at radius 2 is 0.875 bits per heavy atom. The van der Waals surface area contributed by atoms with Crippen molar-refractivity contribution in [2.45, 2.75) is 229 Å². The molecule has 0 bridgehead atoms. The number of unbranched alkanes of at least 4 members (excludes halogenated alkanes) is 7. The summed E-state index contributed by atoms with van der Waals surface area (Å²) in [6.45, 7) is 2.53. The lowest BCUT2D eigenvalue weighted by atomic mass is 9.97. The van der Waals surface area contributed by atoms with Gasteiger partial charge in [0.05, 0.1) is 32.0 Å². The molecule has 80 heavy (non-hydrogen) atoms. The summed E-state index contributed by atoms with van der Waals surface area (Å²) in [5.74, 6) is -0.293. The summed E-state index contributed by atoms with van der Waals surface area (Å²) in [6.07, 6.45) is 58.9. The van der Waals surface area contributed by atoms with Crippen LogP contribution in [0, 0.1) is 0 Å². The van der Waals surface area contributed by atoms with Crippen LogP contribution in [0.2, 0.25) is 0 Å². The number of carbonyl (C=O) groups is 1. The van der Waals surface area contributed by atoms with E-state index < -0.39 is 86.8 Å². The van der Waals surface area contributed by atoms with Gasteiger partial charge in [-0.25, -0.2) is 0 Å². The topological polar surface area (TPSA) is 228 Å². The number of rotatable bonds is 44. The van der Waals surface area contributed by atoms with E-state index in [4.69, 9.17) is 18.9 Å². The summed E-state index contributed by atoms with van der Waals surface area (Å²) in [7, 11) is 0. The van der Waals surface area contributed by atoms with Crippen molar-refractivity contribution in [2.24, 2.45) is 0 Å². The number of carbonyl (C=O) groups excluding carboxylic acids is 1. The fourth-order valence-corrected chi connectivity index (χ4v) is 8.43. The van der Waals surface area contributed by atoms with E-state index >= 15 is 0 Å². The maximum atomic E-state index is 13.2. The van der Waals surface area contributed by atoms with Crippen molar-refractivity contribution in [1.82, 2.24) is 5.32 Å². The van der Waals surface area contributed by atoms with Crippen molar-refractivity contribution in [3.8, 4) is 0 Å². The van der Waals surface area contributed by atoms with E-state index in [1.54, 1.807) is 6.08 Å². The summed E-state index contributed by atoms with van der Waals surface area (Å²) in [5, 5.41) is 86.7. The second kappa shape index (κ2) is 49.2. The molecule has 2 fully saturated rings. The van der Waals surface area contributed by atoms with Gasteiger partial charge in [-0.3, -0.25) is 4.79 Å². The first-order valence-electron chi connectivity index (χ1n) is 29.7. The molecule has 1 amide bonds. The smallest absolute Gasteiger partial charge is 0.220 e. The highest BCUT2D eigenvalue weighted by Crippen LogP contribution is 2.30. The van der Waals surface area contributed by atoms with Crippen molar-refractivity contribution >= 4 is 5.91 Å². The fraction of sp³-hybridized carbons (Fsp3) is 0.591. The van der Waals surface area contributed by atoms with E-state index in [0.717, 1.165) is 116 Å². The second-order valence-electron chi connectivity index (χ2n) is 20.0. The minimum absolute atomic E-state index is 0.221. The molecule has 450 valence electrons. The first kappa shape index (κ1) is 71.7. The molecule has 9 N–H and O–H groups in total. The largest absolute Gasteiger partial charge is 0.394 e. The average molecular weight is 1120 g/mol. The first-order chi connectivity index (χ1) is 39.1. The Bertz CT molecular complexity index is 1940. The summed E-state index contributed by atoms with van der Waals surface area (Å²) in [5.41, 5.74) is 0. The van der Waals surface area contributed by atoms with Gasteiger partial charge >= 0.3 is 0 Å². The van der Waals surface area contributed by atoms with E-state index in [0.29, 0.717) is 12.8 Å². The summed E-state index contributed by atoms with van der Waals surface area (Å²) < 4.78 is 22.6. The number of ether oxygens (including phenoxy) is 4. The number of nitrogens with one attached hydrogen (secondary N) is 1. The van der Waals surface area contributed by atoms with Gasteiger partial charge in [0.15, 0.2) is 12.6 Å². The fourth-order valence-electron chi connectivity index (χ4n) is 8.43. The molecule has 12 atom stereocenters. The van der Waals surface area contributed by atoms with Crippen LogP contribution in [-0.4, -0.2) is 140 Å². The lowest BCUT2D eigenvalue weighted by Gasteiger charge is -2.46. The zero-order chi connectivity index (χ0) is 58.1. The maximum absolute atomic E-state index is 13.2. The molecule has 0 aromatic rings. The summed E-state index contributed by atoms with van der Waals surface area (Å²) in [4.78, 5) is 13.2. The minimum Gasteiger partial charge on any atom is -0.394 e. The predicted molar refractivity (Wildman–Crippen MR) is 322 cm³/mol. The lowest BCUT2D eigenvalue weighted by Crippen LogP contribution is -2.65. The molecule has 0 saturated carbocycles. The summed E-state index contributed by atoms with van der Waals surface area (Å²) in [6, 6.07) is -0.959. The zero-order valence-corrected chi connectivity index (χ0v) is 48.2. The number of hydrogen-bond acceptors (Lipinski definition) is 13. The SMILES string of the molecule is CC/C=C\C/C=C\C/C=C\C/C=C\C/C=C\C/C=C\C/C=C\C/C=C\C/C=C\C/C=C\C/C=C\CCCCCC(=O)NC(COC1OC(CO)C(OC2OC(CO)C(O)C(O)C2O)C(O)C1O)C(O)/C=C/CC/C=C/CCCCC. The van der Waals surface area contributed by atoms with Crippen LogP contribution in [0.5, 0.6) is 0 Å². The highest BCUT2D eigenvalue weighted by Gasteiger charge is 2.51. The Hall–Kier alpha value is -4.39. The number of aliphatic hydroxyl groups is 8. The molecule has 14 heteroatoms. The Kier molecular flexibility index (Phi) is 44.1. The van der Waals surface area contributed by atoms with Crippen LogP contribution < -0.4 is 5.32 Å². The third-order valence-corrected chi connectivity index (χ3v) is 13.2. The minimum atomic E-state index is -1.80. The molecule has 2 heterocycles. The first-order valence-corrected chi connectivity index (χ1v) is 29.7. The molecule has 2 saturated heterocycles. The van der Waals surface area contributed by atoms with E-state index in [1.807, 2.05) is 6.08 Å². The van der Waals surface area contributed by atoms with E-state index in [-0.39, 0.29) is 18.9 Å². The quantitative estimate of drug-likeness (QED) is 0.0205. The van der Waals surface area contributed by atoms with Gasteiger partial charge in [0.1, 0.15) is 48.8 Å². The average Bonchev–Trinajstić information content (AvgIpc) is 3.49. The zero-order valence-electron chi connectivity index (χ0n) is 48.2. The van der Waals surface area contributed by atoms with Gasteiger partial charge < -0.3 is 65.1 Å². The number of amides is 1. The van der Waals surface area contributed by atoms with Gasteiger partial charge in [-0.2, -0.15) is 0 Å². The number of hydrogen-bond donors (Lipinski definition) is 9. The molecule has 14 nitrogen and oxygen atoms in total. The molecule has 0 aromatic carbocycles. The van der Waals surface area contributed by atoms with Crippen molar-refractivity contribution < 1.29 is 64.6 Å². The highest BCUT2D eigenvalue weighted by molar-refractivity contribution is 5.76. The van der Waals surface area contributed by atoms with Gasteiger partial charge in [-0.1, -0.05) is 191 Å². The van der Waals surface area contributed by atoms with E-state index in [1.165, 1.54) is 6.42 Å². The Labute approximate surface area is 480 Å². The van der Waals surface area contributed by atoms with E-state index in [9.17, 15) is 45.6 Å². The third-order valence-electron chi connectivity index (χ3n) is 13.2. The van der Waals surface area contributed by atoms with Crippen molar-refractivity contribution in [1.29, 1.82) is 0 Å². The van der Waals surface area contributed by atoms with Gasteiger partial charge in [-0.05, 0) is 116 Å². The standard InChI is InChI=1S/C66H103NO13/c1-3-5-7-9-11-13-14-15-16-17-18-19-20-21-22-23-24-25-26-27-28-29-30-31-32-33-34-35-36-37-38-39-40-42-44-46-48-50-58(71)67-54(55(70)49-47-45-43-41-12-10-8-6-4-2)53-77-65-63(76)61(74)64(57(52-69)79-65)80-66-62(75)60(73)59(72)56(51-68)78-66/h5,7,11-13,15-16,18-19,21-22,24-25,27-28,30-31,33-34,36-37,39-41,47,49,54-57,59-66,68-70,72-76H,3-4,6,8-10,14,17,20,23,26,29,32,35,38,42-46,48,50-53H2,1-2H3,(H,67,71)/b7-5-,13-11-,16-15-,19-18-,22-21-,25-24-,28-27-,31-30-,34-33-,37-36-,40-39-,41-12+,49-47+. The number of allylic oxidation sites excluding steroid dienone is 25. The highest BCUT2D eigenvalue weighted by atomic mass is 16.7. The monoisotopic (exact) mass is 1120 g/mol. The van der Waals surface area contributed by atoms with Crippen molar-refractivity contribution in [3.05, 3.63) is 158 Å². The molecule has 0 aliphatic carbocycles. The predicted octanol–water partition coefficient (Wildman–Crippen LogP) is 10.3. The molecule has 2 aliphatic rings. The van der Waals surface area contributed by atoms with E-state index in [2.05, 4.69) is 165 Å². The molecular formula is C66H103NO13. The van der Waals surface area contributed by atoms with Crippen molar-refractivity contribution in [3.63, 3.8) is 0 Å². The van der Waals surface area contributed by atoms with Crippen LogP contribution in [0.1, 0.15) is 155 Å². The van der Waals surface area contributed by atoms with Crippen LogP contribution >= 0.6 is 0 Å². The van der Waals surface area contributed by atoms with Crippen LogP contribution in [0.15, 0.2) is 158 Å². The van der Waals surface area contributed by atoms with Crippen LogP contribution in [-0.2, 0) is 23.7 Å². The lowest BCUT2D eigenvalue weighted by molar-refractivity contribution is -0.359. The number of aliphatic hydroxyl groups excluding tert-OH is 8. The second-order valence-corrected chi connectivity index (χ2v) is 20.0. The van der Waals surface area contributed by atoms with Crippen molar-refractivity contribution in [2.75, 3.05) is 19.8 Å². The molecule has 0 aromatic heterocycles. The molecule has 2 rings (SSSR count). The molecule has 2 aliphatic heterocycles. The normalized spacial score (nSPS) is 25.4. The Morgan fingerprint density at radius 1 is 0.463 bits per heavy atom. The summed E-state index contributed by atoms with van der Waals surface area (Å²) >= 11 is 0. The Morgan fingerprint density at radius 3 is 1.35 bits per heavy atom. The Balaban J connectivity index is 1.67. The van der Waals surface area contributed by atoms with Gasteiger partial charge in [0.25, 0.3) is 0 Å². The van der Waals surface area contributed by atoms with Gasteiger partial charge in [0, 0.05) is 6.42 Å². The third kappa shape index (κ3) is 34.1. The molecule has 0 radical (unpaired) electrons. The van der Waals surface area contributed by atoms with Crippen LogP contribution in [0.3, 0.4) is 0 Å². The van der Waals surface area contributed by atoms with Crippen LogP contribution in [0.25, 0.3) is 0 Å². The molecule has 12 unspecified atom stereocenters. The van der Waals surface area contributed by atoms with Gasteiger partial charge in [0.2, 0.25) is 5.91 Å². The maximum Gasteiger partial charge on any atom is 0.220 e.